The van der Waals surface area contributed by atoms with Gasteiger partial charge in [-0.2, -0.15) is 0 Å². The zero-order valence-electron chi connectivity index (χ0n) is 17.7. The van der Waals surface area contributed by atoms with Crippen molar-refractivity contribution in [3.63, 3.8) is 0 Å². The highest BCUT2D eigenvalue weighted by atomic mass is 32.2. The lowest BCUT2D eigenvalue weighted by atomic mass is 10.2. The van der Waals surface area contributed by atoms with Crippen LogP contribution in [0.25, 0.3) is 0 Å². The Labute approximate surface area is 191 Å². The van der Waals surface area contributed by atoms with Crippen LogP contribution < -0.4 is 15.4 Å². The van der Waals surface area contributed by atoms with Gasteiger partial charge < -0.3 is 15.4 Å². The number of methoxy groups -OCH3 is 1. The first-order chi connectivity index (χ1) is 15.3. The van der Waals surface area contributed by atoms with Crippen LogP contribution in [0.1, 0.15) is 21.3 Å². The van der Waals surface area contributed by atoms with Gasteiger partial charge in [0.2, 0.25) is 0 Å². The Bertz CT molecular complexity index is 1170. The van der Waals surface area contributed by atoms with E-state index in [1.807, 2.05) is 6.92 Å². The van der Waals surface area contributed by atoms with Crippen molar-refractivity contribution in [2.75, 3.05) is 13.7 Å². The van der Waals surface area contributed by atoms with Gasteiger partial charge in [-0.05, 0) is 36.6 Å². The van der Waals surface area contributed by atoms with Crippen LogP contribution in [0.15, 0.2) is 70.9 Å². The number of hydrogen-bond donors (Lipinski definition) is 2. The highest BCUT2D eigenvalue weighted by Gasteiger charge is 2.31. The van der Waals surface area contributed by atoms with Crippen LogP contribution >= 0.6 is 11.3 Å². The molecule has 0 fully saturated rings. The van der Waals surface area contributed by atoms with E-state index in [1.54, 1.807) is 66.0 Å². The minimum atomic E-state index is -3.78. The molecule has 0 spiro atoms. The largest absolute Gasteiger partial charge is 0.496 e. The van der Waals surface area contributed by atoms with Crippen LogP contribution in [0.5, 0.6) is 5.75 Å². The Morgan fingerprint density at radius 2 is 1.66 bits per heavy atom. The lowest BCUT2D eigenvalue weighted by molar-refractivity contribution is -0.139. The predicted molar refractivity (Wildman–Crippen MR) is 123 cm³/mol. The highest BCUT2D eigenvalue weighted by molar-refractivity contribution is 7.91. The van der Waals surface area contributed by atoms with Crippen molar-refractivity contribution >= 4 is 33.0 Å². The molecular formula is C23H24N2O5S2. The molecule has 0 aliphatic carbocycles. The van der Waals surface area contributed by atoms with Crippen LogP contribution in [0, 0.1) is 6.92 Å². The van der Waals surface area contributed by atoms with Crippen LogP contribution in [0.2, 0.25) is 0 Å². The standard InChI is InChI=1S/C23H24N2O5S2/c1-16-9-11-18(12-10-16)32(28,29)21(20-8-5-13-31-20)15-25-23(27)22(26)24-14-17-6-3-4-7-19(17)30-2/h3-13,21H,14-15H2,1-2H3,(H,24,26)(H,25,27)/t21-/m0/s1. The number of rotatable bonds is 8. The van der Waals surface area contributed by atoms with Gasteiger partial charge in [0.25, 0.3) is 0 Å². The second-order valence-corrected chi connectivity index (χ2v) is 10.2. The van der Waals surface area contributed by atoms with Gasteiger partial charge in [0.1, 0.15) is 11.0 Å². The van der Waals surface area contributed by atoms with E-state index in [0.717, 1.165) is 11.1 Å². The van der Waals surface area contributed by atoms with Gasteiger partial charge >= 0.3 is 11.8 Å². The number of aryl methyl sites for hydroxylation is 1. The molecule has 0 aliphatic heterocycles. The Balaban J connectivity index is 1.69. The molecule has 0 unspecified atom stereocenters. The van der Waals surface area contributed by atoms with Gasteiger partial charge in [-0.1, -0.05) is 42.0 Å². The molecule has 0 radical (unpaired) electrons. The monoisotopic (exact) mass is 472 g/mol. The zero-order chi connectivity index (χ0) is 23.1. The fourth-order valence-electron chi connectivity index (χ4n) is 3.10. The smallest absolute Gasteiger partial charge is 0.309 e. The molecular weight excluding hydrogens is 448 g/mol. The number of para-hydroxylation sites is 1. The molecule has 2 aromatic carbocycles. The molecule has 2 N–H and O–H groups in total. The summed E-state index contributed by atoms with van der Waals surface area (Å²) in [5, 5.41) is 5.77. The molecule has 168 valence electrons. The molecule has 1 atom stereocenters. The third kappa shape index (κ3) is 5.54. The average molecular weight is 473 g/mol. The summed E-state index contributed by atoms with van der Waals surface area (Å²) in [5.74, 6) is -1.16. The highest BCUT2D eigenvalue weighted by Crippen LogP contribution is 2.31. The van der Waals surface area contributed by atoms with E-state index in [-0.39, 0.29) is 18.0 Å². The molecule has 1 aromatic heterocycles. The van der Waals surface area contributed by atoms with Crippen molar-refractivity contribution in [1.82, 2.24) is 10.6 Å². The Morgan fingerprint density at radius 3 is 2.31 bits per heavy atom. The summed E-state index contributed by atoms with van der Waals surface area (Å²) >= 11 is 1.28. The lowest BCUT2D eigenvalue weighted by Crippen LogP contribution is -2.42. The van der Waals surface area contributed by atoms with Crippen LogP contribution in [-0.2, 0) is 26.0 Å². The average Bonchev–Trinajstić information content (AvgIpc) is 3.32. The van der Waals surface area contributed by atoms with Crippen molar-refractivity contribution < 1.29 is 22.7 Å². The Kier molecular flexibility index (Phi) is 7.66. The molecule has 2 amide bonds. The zero-order valence-corrected chi connectivity index (χ0v) is 19.3. The Morgan fingerprint density at radius 1 is 0.969 bits per heavy atom. The minimum Gasteiger partial charge on any atom is -0.496 e. The lowest BCUT2D eigenvalue weighted by Gasteiger charge is -2.17. The van der Waals surface area contributed by atoms with E-state index >= 15 is 0 Å². The van der Waals surface area contributed by atoms with Crippen molar-refractivity contribution in [1.29, 1.82) is 0 Å². The molecule has 32 heavy (non-hydrogen) atoms. The number of carbonyl (C=O) groups is 2. The van der Waals surface area contributed by atoms with Gasteiger partial charge in [0.15, 0.2) is 9.84 Å². The van der Waals surface area contributed by atoms with Gasteiger partial charge in [0.05, 0.1) is 12.0 Å². The van der Waals surface area contributed by atoms with Gasteiger partial charge in [-0.25, -0.2) is 8.42 Å². The first kappa shape index (κ1) is 23.5. The summed E-state index contributed by atoms with van der Waals surface area (Å²) < 4.78 is 31.7. The van der Waals surface area contributed by atoms with Crippen molar-refractivity contribution in [3.8, 4) is 5.75 Å². The molecule has 3 rings (SSSR count). The van der Waals surface area contributed by atoms with E-state index in [4.69, 9.17) is 4.74 Å². The first-order valence-corrected chi connectivity index (χ1v) is 12.3. The van der Waals surface area contributed by atoms with Crippen LogP contribution in [0.3, 0.4) is 0 Å². The fraction of sp³-hybridized carbons (Fsp3) is 0.217. The summed E-state index contributed by atoms with van der Waals surface area (Å²) in [7, 11) is -2.26. The number of hydrogen-bond acceptors (Lipinski definition) is 6. The van der Waals surface area contributed by atoms with Crippen LogP contribution in [0.4, 0.5) is 0 Å². The number of amides is 2. The van der Waals surface area contributed by atoms with E-state index in [0.29, 0.717) is 10.6 Å². The van der Waals surface area contributed by atoms with Gasteiger partial charge in [-0.15, -0.1) is 11.3 Å². The normalized spacial score (nSPS) is 12.1. The summed E-state index contributed by atoms with van der Waals surface area (Å²) in [6.07, 6.45) is 0. The Hall–Kier alpha value is -3.17. The predicted octanol–water partition coefficient (Wildman–Crippen LogP) is 3.01. The first-order valence-electron chi connectivity index (χ1n) is 9.85. The molecule has 3 aromatic rings. The molecule has 0 saturated heterocycles. The molecule has 0 bridgehead atoms. The molecule has 9 heteroatoms. The molecule has 1 heterocycles. The topological polar surface area (TPSA) is 102 Å². The van der Waals surface area contributed by atoms with Crippen molar-refractivity contribution in [2.24, 2.45) is 0 Å². The quantitative estimate of drug-likeness (QED) is 0.491. The van der Waals surface area contributed by atoms with Crippen LogP contribution in [-0.4, -0.2) is 33.9 Å². The number of thiophene rings is 1. The van der Waals surface area contributed by atoms with E-state index < -0.39 is 26.9 Å². The maximum atomic E-state index is 13.2. The SMILES string of the molecule is COc1ccccc1CNC(=O)C(=O)NC[C@@H](c1cccs1)S(=O)(=O)c1ccc(C)cc1. The minimum absolute atomic E-state index is 0.103. The molecule has 7 nitrogen and oxygen atoms in total. The third-order valence-electron chi connectivity index (χ3n) is 4.87. The second-order valence-electron chi connectivity index (χ2n) is 7.07. The third-order valence-corrected chi connectivity index (χ3v) is 8.10. The van der Waals surface area contributed by atoms with E-state index in [1.165, 1.54) is 18.4 Å². The molecule has 0 aliphatic rings. The second kappa shape index (κ2) is 10.4. The summed E-state index contributed by atoms with van der Waals surface area (Å²) in [6.45, 7) is 1.75. The van der Waals surface area contributed by atoms with Crippen molar-refractivity contribution in [3.05, 3.63) is 82.0 Å². The maximum absolute atomic E-state index is 13.2. The maximum Gasteiger partial charge on any atom is 0.309 e. The van der Waals surface area contributed by atoms with E-state index in [9.17, 15) is 18.0 Å². The number of sulfone groups is 1. The fourth-order valence-corrected chi connectivity index (χ4v) is 5.88. The number of carbonyl (C=O) groups excluding carboxylic acids is 2. The number of benzene rings is 2. The van der Waals surface area contributed by atoms with E-state index in [2.05, 4.69) is 10.6 Å². The summed E-state index contributed by atoms with van der Waals surface area (Å²) in [5.41, 5.74) is 1.66. The summed E-state index contributed by atoms with van der Waals surface area (Å²) in [4.78, 5) is 25.4. The van der Waals surface area contributed by atoms with Crippen molar-refractivity contribution in [2.45, 2.75) is 23.6 Å². The molecule has 0 saturated carbocycles. The number of nitrogens with one attached hydrogen (secondary N) is 2. The van der Waals surface area contributed by atoms with Gasteiger partial charge in [-0.3, -0.25) is 9.59 Å². The number of ether oxygens (including phenoxy) is 1. The summed E-state index contributed by atoms with van der Waals surface area (Å²) in [6, 6.07) is 17.1. The van der Waals surface area contributed by atoms with Gasteiger partial charge in [0, 0.05) is 23.5 Å².